The average Bonchev–Trinajstić information content (AvgIpc) is 2.49. The van der Waals surface area contributed by atoms with Gasteiger partial charge in [0.25, 0.3) is 10.1 Å². The monoisotopic (exact) mass is 356 g/mol. The van der Waals surface area contributed by atoms with Crippen LogP contribution in [0.2, 0.25) is 0 Å². The maximum absolute atomic E-state index is 12.0. The van der Waals surface area contributed by atoms with Crippen molar-refractivity contribution in [2.75, 3.05) is 13.2 Å². The van der Waals surface area contributed by atoms with Crippen LogP contribution in [-0.2, 0) is 23.8 Å². The average molecular weight is 356 g/mol. The first kappa shape index (κ1) is 20.6. The van der Waals surface area contributed by atoms with E-state index in [1.54, 1.807) is 24.3 Å². The van der Waals surface area contributed by atoms with Gasteiger partial charge in [-0.2, -0.15) is 8.42 Å². The molecule has 5 nitrogen and oxygen atoms in total. The lowest BCUT2D eigenvalue weighted by Crippen LogP contribution is -2.23. The van der Waals surface area contributed by atoms with Crippen LogP contribution < -0.4 is 0 Å². The second-order valence-corrected chi connectivity index (χ2v) is 8.50. The summed E-state index contributed by atoms with van der Waals surface area (Å²) in [5, 5.41) is 0. The van der Waals surface area contributed by atoms with E-state index in [-0.39, 0.29) is 17.5 Å². The summed E-state index contributed by atoms with van der Waals surface area (Å²) in [4.78, 5) is 11.7. The lowest BCUT2D eigenvalue weighted by molar-refractivity contribution is -0.153. The predicted molar refractivity (Wildman–Crippen MR) is 93.2 cm³/mol. The minimum absolute atomic E-state index is 0.165. The van der Waals surface area contributed by atoms with Gasteiger partial charge in [0.05, 0.1) is 23.5 Å². The SMILES string of the molecule is Cc1ccc(S(=O)(=O)OCCCCCCOC(=O)C(C)(C)C)cc1. The molecule has 1 aromatic carbocycles. The van der Waals surface area contributed by atoms with Gasteiger partial charge in [-0.05, 0) is 59.1 Å². The Morgan fingerprint density at radius 3 is 2.04 bits per heavy atom. The molecule has 136 valence electrons. The van der Waals surface area contributed by atoms with Crippen LogP contribution in [0.4, 0.5) is 0 Å². The molecule has 0 aliphatic rings. The van der Waals surface area contributed by atoms with Crippen LogP contribution in [0, 0.1) is 12.3 Å². The third-order valence-electron chi connectivity index (χ3n) is 3.43. The van der Waals surface area contributed by atoms with Crippen LogP contribution in [0.15, 0.2) is 29.2 Å². The summed E-state index contributed by atoms with van der Waals surface area (Å²) in [6.07, 6.45) is 3.12. The van der Waals surface area contributed by atoms with Crippen molar-refractivity contribution in [2.45, 2.75) is 58.3 Å². The van der Waals surface area contributed by atoms with Crippen LogP contribution in [0.3, 0.4) is 0 Å². The third-order valence-corrected chi connectivity index (χ3v) is 4.76. The first-order valence-electron chi connectivity index (χ1n) is 8.26. The van der Waals surface area contributed by atoms with E-state index in [4.69, 9.17) is 8.92 Å². The van der Waals surface area contributed by atoms with Crippen molar-refractivity contribution in [2.24, 2.45) is 5.41 Å². The Hall–Kier alpha value is -1.40. The zero-order valence-electron chi connectivity index (χ0n) is 15.0. The molecule has 0 unspecified atom stereocenters. The highest BCUT2D eigenvalue weighted by atomic mass is 32.2. The number of esters is 1. The molecule has 0 spiro atoms. The van der Waals surface area contributed by atoms with Crippen molar-refractivity contribution in [3.05, 3.63) is 29.8 Å². The standard InChI is InChI=1S/C18H28O5S/c1-15-9-11-16(12-10-15)24(20,21)23-14-8-6-5-7-13-22-17(19)18(2,3)4/h9-12H,5-8,13-14H2,1-4H3. The van der Waals surface area contributed by atoms with Crippen molar-refractivity contribution in [1.29, 1.82) is 0 Å². The predicted octanol–water partition coefficient (Wildman–Crippen LogP) is 3.85. The quantitative estimate of drug-likeness (QED) is 0.382. The molecule has 0 N–H and O–H groups in total. The Morgan fingerprint density at radius 1 is 0.958 bits per heavy atom. The Morgan fingerprint density at radius 2 is 1.50 bits per heavy atom. The molecule has 6 heteroatoms. The molecule has 0 saturated heterocycles. The van der Waals surface area contributed by atoms with E-state index in [2.05, 4.69) is 0 Å². The molecule has 0 amide bonds. The molecule has 24 heavy (non-hydrogen) atoms. The van der Waals surface area contributed by atoms with E-state index in [1.807, 2.05) is 27.7 Å². The van der Waals surface area contributed by atoms with E-state index in [1.165, 1.54) is 0 Å². The van der Waals surface area contributed by atoms with E-state index >= 15 is 0 Å². The number of ether oxygens (including phenoxy) is 1. The molecule has 0 atom stereocenters. The molecule has 1 aromatic rings. The number of hydrogen-bond donors (Lipinski definition) is 0. The summed E-state index contributed by atoms with van der Waals surface area (Å²) in [6, 6.07) is 6.59. The van der Waals surface area contributed by atoms with Gasteiger partial charge in [0.15, 0.2) is 0 Å². The van der Waals surface area contributed by atoms with Crippen molar-refractivity contribution < 1.29 is 22.1 Å². The third kappa shape index (κ3) is 7.45. The lowest BCUT2D eigenvalue weighted by atomic mass is 9.97. The van der Waals surface area contributed by atoms with Crippen molar-refractivity contribution in [3.63, 3.8) is 0 Å². The summed E-state index contributed by atoms with van der Waals surface area (Å²) in [7, 11) is -3.67. The minimum Gasteiger partial charge on any atom is -0.465 e. The molecule has 0 fully saturated rings. The second kappa shape index (κ2) is 9.18. The van der Waals surface area contributed by atoms with Gasteiger partial charge in [-0.25, -0.2) is 0 Å². The van der Waals surface area contributed by atoms with Crippen LogP contribution in [0.5, 0.6) is 0 Å². The summed E-state index contributed by atoms with van der Waals surface area (Å²) < 4.78 is 34.1. The Bertz CT molecular complexity index is 612. The Kier molecular flexibility index (Phi) is 7.90. The molecular weight excluding hydrogens is 328 g/mol. The Labute approximate surface area is 145 Å². The molecular formula is C18H28O5S. The molecule has 0 bridgehead atoms. The van der Waals surface area contributed by atoms with Crippen LogP contribution in [0.1, 0.15) is 52.0 Å². The fraction of sp³-hybridized carbons (Fsp3) is 0.611. The maximum atomic E-state index is 12.0. The summed E-state index contributed by atoms with van der Waals surface area (Å²) in [6.45, 7) is 7.93. The summed E-state index contributed by atoms with van der Waals surface area (Å²) in [5.74, 6) is -0.199. The second-order valence-electron chi connectivity index (χ2n) is 6.89. The van der Waals surface area contributed by atoms with Crippen molar-refractivity contribution >= 4 is 16.1 Å². The lowest BCUT2D eigenvalue weighted by Gasteiger charge is -2.16. The molecule has 0 heterocycles. The van der Waals surface area contributed by atoms with Gasteiger partial charge in [-0.3, -0.25) is 8.98 Å². The fourth-order valence-corrected chi connectivity index (χ4v) is 2.82. The molecule has 0 aromatic heterocycles. The zero-order chi connectivity index (χ0) is 18.2. The highest BCUT2D eigenvalue weighted by molar-refractivity contribution is 7.86. The number of carbonyl (C=O) groups is 1. The van der Waals surface area contributed by atoms with Crippen molar-refractivity contribution in [3.8, 4) is 0 Å². The summed E-state index contributed by atoms with van der Waals surface area (Å²) in [5.41, 5.74) is 0.527. The van der Waals surface area contributed by atoms with E-state index < -0.39 is 15.5 Å². The normalized spacial score (nSPS) is 12.2. The smallest absolute Gasteiger partial charge is 0.311 e. The first-order chi connectivity index (χ1) is 11.1. The zero-order valence-corrected chi connectivity index (χ0v) is 15.8. The topological polar surface area (TPSA) is 69.7 Å². The highest BCUT2D eigenvalue weighted by Crippen LogP contribution is 2.16. The highest BCUT2D eigenvalue weighted by Gasteiger charge is 2.22. The molecule has 1 rings (SSSR count). The summed E-state index contributed by atoms with van der Waals surface area (Å²) >= 11 is 0. The number of carbonyl (C=O) groups excluding carboxylic acids is 1. The fourth-order valence-electron chi connectivity index (χ4n) is 1.88. The van der Waals surface area contributed by atoms with E-state index in [0.29, 0.717) is 13.0 Å². The van der Waals surface area contributed by atoms with Gasteiger partial charge in [0, 0.05) is 0 Å². The largest absolute Gasteiger partial charge is 0.465 e. The number of aryl methyl sites for hydroxylation is 1. The van der Waals surface area contributed by atoms with E-state index in [9.17, 15) is 13.2 Å². The van der Waals surface area contributed by atoms with Gasteiger partial charge < -0.3 is 4.74 Å². The van der Waals surface area contributed by atoms with Gasteiger partial charge in [-0.1, -0.05) is 24.1 Å². The van der Waals surface area contributed by atoms with Gasteiger partial charge >= 0.3 is 5.97 Å². The number of rotatable bonds is 9. The maximum Gasteiger partial charge on any atom is 0.311 e. The van der Waals surface area contributed by atoms with Crippen LogP contribution in [-0.4, -0.2) is 27.6 Å². The van der Waals surface area contributed by atoms with Crippen LogP contribution >= 0.6 is 0 Å². The number of unbranched alkanes of at least 4 members (excludes halogenated alkanes) is 3. The first-order valence-corrected chi connectivity index (χ1v) is 9.67. The molecule has 0 saturated carbocycles. The van der Waals surface area contributed by atoms with E-state index in [0.717, 1.165) is 24.8 Å². The minimum atomic E-state index is -3.67. The van der Waals surface area contributed by atoms with Gasteiger partial charge in [0.2, 0.25) is 0 Å². The van der Waals surface area contributed by atoms with Crippen molar-refractivity contribution in [1.82, 2.24) is 0 Å². The van der Waals surface area contributed by atoms with Gasteiger partial charge in [0.1, 0.15) is 0 Å². The molecule has 0 aliphatic carbocycles. The van der Waals surface area contributed by atoms with Gasteiger partial charge in [-0.15, -0.1) is 0 Å². The number of hydrogen-bond acceptors (Lipinski definition) is 5. The molecule has 0 radical (unpaired) electrons. The number of benzene rings is 1. The Balaban J connectivity index is 2.16. The van der Waals surface area contributed by atoms with Crippen LogP contribution in [0.25, 0.3) is 0 Å². The molecule has 0 aliphatic heterocycles.